The van der Waals surface area contributed by atoms with Gasteiger partial charge < -0.3 is 24.0 Å². The minimum atomic E-state index is -4.77. The molecule has 0 aromatic rings. The summed E-state index contributed by atoms with van der Waals surface area (Å²) in [6, 6.07) is 0. The average Bonchev–Trinajstić information content (AvgIpc) is 3.87. The number of phosphoric ester groups is 1. The van der Waals surface area contributed by atoms with Crippen LogP contribution in [0.1, 0.15) is 187 Å². The zero-order valence-corrected chi connectivity index (χ0v) is 33.8. The Morgan fingerprint density at radius 2 is 1.06 bits per heavy atom. The molecule has 0 saturated carbocycles. The van der Waals surface area contributed by atoms with Gasteiger partial charge in [-0.2, -0.15) is 0 Å². The van der Waals surface area contributed by atoms with Crippen molar-refractivity contribution < 1.29 is 42.7 Å². The van der Waals surface area contributed by atoms with Crippen LogP contribution in [0.25, 0.3) is 0 Å². The first kappa shape index (κ1) is 48.2. The second-order valence-electron chi connectivity index (χ2n) is 14.4. The van der Waals surface area contributed by atoms with Gasteiger partial charge in [0.15, 0.2) is 6.10 Å². The standard InChI is InChI=1S/C42H75O9P/c1-3-5-7-9-11-12-13-14-15-16-17-18-19-22-27-31-35-42(44)50-38(37-49-52(45,46)47)36-48-41(43)34-30-26-23-20-21-25-29-33-40-39(51-40)32-28-24-10-8-6-4-2/h20,23-25,28-29,38-40H,3-19,21-22,26-27,30-37H2,1-2H3,(H2,45,46,47)/b23-20-,28-24-,29-25-/t38-,39?,40?/m1/s1. The summed E-state index contributed by atoms with van der Waals surface area (Å²) in [6.07, 6.45) is 41.8. The van der Waals surface area contributed by atoms with Crippen LogP contribution in [0.2, 0.25) is 0 Å². The number of ether oxygens (including phenoxy) is 3. The van der Waals surface area contributed by atoms with Gasteiger partial charge in [0.25, 0.3) is 0 Å². The Bertz CT molecular complexity index is 1010. The highest BCUT2D eigenvalue weighted by molar-refractivity contribution is 7.46. The summed E-state index contributed by atoms with van der Waals surface area (Å²) in [5.41, 5.74) is 0. The van der Waals surface area contributed by atoms with Gasteiger partial charge in [-0.15, -0.1) is 0 Å². The first-order chi connectivity index (χ1) is 25.2. The molecular formula is C42H75O9P. The van der Waals surface area contributed by atoms with Crippen molar-refractivity contribution in [1.82, 2.24) is 0 Å². The monoisotopic (exact) mass is 755 g/mol. The SMILES string of the molecule is CCCCC/C=C\CC1OC1C/C=C\C/C=C\CCCC(=O)OC[C@H](COP(=O)(O)O)OC(=O)CCCCCCCCCCCCCCCCCC. The van der Waals surface area contributed by atoms with Gasteiger partial charge in [0, 0.05) is 12.8 Å². The molecule has 1 aliphatic heterocycles. The molecule has 0 aromatic carbocycles. The smallest absolute Gasteiger partial charge is 0.462 e. The van der Waals surface area contributed by atoms with Gasteiger partial charge in [-0.3, -0.25) is 14.1 Å². The first-order valence-electron chi connectivity index (χ1n) is 20.9. The van der Waals surface area contributed by atoms with Crippen molar-refractivity contribution in [2.24, 2.45) is 0 Å². The fourth-order valence-corrected chi connectivity index (χ4v) is 6.41. The molecule has 0 radical (unpaired) electrons. The molecule has 10 heteroatoms. The van der Waals surface area contributed by atoms with Crippen LogP contribution in [-0.2, 0) is 32.9 Å². The topological polar surface area (TPSA) is 132 Å². The van der Waals surface area contributed by atoms with Gasteiger partial charge in [-0.05, 0) is 51.4 Å². The molecule has 1 saturated heterocycles. The normalized spacial score (nSPS) is 16.7. The highest BCUT2D eigenvalue weighted by Crippen LogP contribution is 2.36. The lowest BCUT2D eigenvalue weighted by molar-refractivity contribution is -0.161. The van der Waals surface area contributed by atoms with E-state index in [1.165, 1.54) is 96.3 Å². The van der Waals surface area contributed by atoms with Crippen LogP contribution < -0.4 is 0 Å². The van der Waals surface area contributed by atoms with E-state index in [2.05, 4.69) is 48.8 Å². The van der Waals surface area contributed by atoms with Crippen molar-refractivity contribution in [2.45, 2.75) is 206 Å². The molecule has 3 atom stereocenters. The fraction of sp³-hybridized carbons (Fsp3) is 0.810. The summed E-state index contributed by atoms with van der Waals surface area (Å²) in [7, 11) is -4.77. The second-order valence-corrected chi connectivity index (χ2v) is 15.6. The lowest BCUT2D eigenvalue weighted by atomic mass is 10.0. The number of phosphoric acid groups is 1. The second kappa shape index (κ2) is 33.8. The molecule has 0 aliphatic carbocycles. The summed E-state index contributed by atoms with van der Waals surface area (Å²) < 4.78 is 32.1. The molecule has 9 nitrogen and oxygen atoms in total. The average molecular weight is 755 g/mol. The van der Waals surface area contributed by atoms with Crippen molar-refractivity contribution >= 4 is 19.8 Å². The van der Waals surface area contributed by atoms with E-state index in [0.717, 1.165) is 51.4 Å². The van der Waals surface area contributed by atoms with Gasteiger partial charge in [-0.1, -0.05) is 159 Å². The molecular weight excluding hydrogens is 679 g/mol. The van der Waals surface area contributed by atoms with E-state index >= 15 is 0 Å². The quantitative estimate of drug-likeness (QED) is 0.0209. The fourth-order valence-electron chi connectivity index (χ4n) is 6.05. The van der Waals surface area contributed by atoms with Crippen LogP contribution in [0.3, 0.4) is 0 Å². The van der Waals surface area contributed by atoms with Gasteiger partial charge in [0.05, 0.1) is 18.8 Å². The summed E-state index contributed by atoms with van der Waals surface area (Å²) in [6.45, 7) is 3.61. The highest BCUT2D eigenvalue weighted by atomic mass is 31.2. The maximum absolute atomic E-state index is 12.4. The predicted octanol–water partition coefficient (Wildman–Crippen LogP) is 11.6. The van der Waals surface area contributed by atoms with Crippen molar-refractivity contribution in [3.05, 3.63) is 36.5 Å². The van der Waals surface area contributed by atoms with Crippen molar-refractivity contribution in [3.63, 3.8) is 0 Å². The number of hydrogen-bond acceptors (Lipinski definition) is 7. The van der Waals surface area contributed by atoms with Crippen molar-refractivity contribution in [3.8, 4) is 0 Å². The molecule has 52 heavy (non-hydrogen) atoms. The van der Waals surface area contributed by atoms with Crippen LogP contribution in [0.4, 0.5) is 0 Å². The molecule has 0 bridgehead atoms. The van der Waals surface area contributed by atoms with Crippen LogP contribution in [-0.4, -0.2) is 53.3 Å². The van der Waals surface area contributed by atoms with E-state index in [4.69, 9.17) is 24.0 Å². The maximum Gasteiger partial charge on any atom is 0.469 e. The zero-order chi connectivity index (χ0) is 38.0. The van der Waals surface area contributed by atoms with Crippen LogP contribution in [0, 0.1) is 0 Å². The van der Waals surface area contributed by atoms with E-state index in [1.54, 1.807) is 0 Å². The van der Waals surface area contributed by atoms with Gasteiger partial charge in [0.2, 0.25) is 0 Å². The molecule has 0 spiro atoms. The van der Waals surface area contributed by atoms with Crippen LogP contribution in [0.15, 0.2) is 36.5 Å². The third kappa shape index (κ3) is 32.8. The predicted molar refractivity (Wildman–Crippen MR) is 211 cm³/mol. The van der Waals surface area contributed by atoms with E-state index < -0.39 is 32.5 Å². The maximum atomic E-state index is 12.4. The Balaban J connectivity index is 2.10. The summed E-state index contributed by atoms with van der Waals surface area (Å²) >= 11 is 0. The summed E-state index contributed by atoms with van der Waals surface area (Å²) in [5, 5.41) is 0. The summed E-state index contributed by atoms with van der Waals surface area (Å²) in [5.74, 6) is -0.951. The van der Waals surface area contributed by atoms with Gasteiger partial charge >= 0.3 is 19.8 Å². The van der Waals surface area contributed by atoms with Crippen LogP contribution in [0.5, 0.6) is 0 Å². The molecule has 0 aromatic heterocycles. The third-order valence-corrected chi connectivity index (χ3v) is 9.80. The highest BCUT2D eigenvalue weighted by Gasteiger charge is 2.36. The van der Waals surface area contributed by atoms with Crippen molar-refractivity contribution in [2.75, 3.05) is 13.2 Å². The number of carbonyl (C=O) groups is 2. The number of carbonyl (C=O) groups excluding carboxylic acids is 2. The number of rotatable bonds is 37. The molecule has 1 fully saturated rings. The Labute approximate surface area is 317 Å². The Kier molecular flexibility index (Phi) is 31.3. The van der Waals surface area contributed by atoms with E-state index in [0.29, 0.717) is 25.0 Å². The number of hydrogen-bond donors (Lipinski definition) is 2. The minimum Gasteiger partial charge on any atom is -0.462 e. The molecule has 2 N–H and O–H groups in total. The van der Waals surface area contributed by atoms with Gasteiger partial charge in [0.1, 0.15) is 6.61 Å². The lowest BCUT2D eigenvalue weighted by Crippen LogP contribution is -2.29. The molecule has 1 rings (SSSR count). The number of unbranched alkanes of at least 4 members (excludes halogenated alkanes) is 19. The Morgan fingerprint density at radius 1 is 0.596 bits per heavy atom. The molecule has 0 amide bonds. The Hall–Kier alpha value is -1.77. The summed E-state index contributed by atoms with van der Waals surface area (Å²) in [4.78, 5) is 42.8. The molecule has 2 unspecified atom stereocenters. The number of esters is 2. The number of allylic oxidation sites excluding steroid dienone is 4. The van der Waals surface area contributed by atoms with Crippen molar-refractivity contribution in [1.29, 1.82) is 0 Å². The van der Waals surface area contributed by atoms with E-state index in [1.807, 2.05) is 6.08 Å². The lowest BCUT2D eigenvalue weighted by Gasteiger charge is -2.18. The van der Waals surface area contributed by atoms with Crippen LogP contribution >= 0.6 is 7.82 Å². The van der Waals surface area contributed by atoms with Gasteiger partial charge in [-0.25, -0.2) is 4.57 Å². The minimum absolute atomic E-state index is 0.187. The van der Waals surface area contributed by atoms with E-state index in [9.17, 15) is 14.2 Å². The molecule has 1 aliphatic rings. The zero-order valence-electron chi connectivity index (χ0n) is 32.9. The first-order valence-corrected chi connectivity index (χ1v) is 22.4. The third-order valence-electron chi connectivity index (χ3n) is 9.31. The largest absolute Gasteiger partial charge is 0.469 e. The Morgan fingerprint density at radius 3 is 1.63 bits per heavy atom. The molecule has 1 heterocycles. The van der Waals surface area contributed by atoms with E-state index in [-0.39, 0.29) is 19.4 Å². The molecule has 302 valence electrons. The number of epoxide rings is 1.